The fourth-order valence-electron chi connectivity index (χ4n) is 3.21. The van der Waals surface area contributed by atoms with Crippen molar-refractivity contribution in [1.82, 2.24) is 14.5 Å². The molecule has 0 N–H and O–H groups in total. The fraction of sp³-hybridized carbons (Fsp3) is 0.455. The third-order valence-corrected chi connectivity index (χ3v) is 6.99. The van der Waals surface area contributed by atoms with Crippen molar-refractivity contribution in [2.75, 3.05) is 33.7 Å². The minimum atomic E-state index is 0.342. The summed E-state index contributed by atoms with van der Waals surface area (Å²) >= 11 is 0.342. The van der Waals surface area contributed by atoms with E-state index in [2.05, 4.69) is 73.8 Å². The zero-order valence-electron chi connectivity index (χ0n) is 16.5. The summed E-state index contributed by atoms with van der Waals surface area (Å²) in [6, 6.07) is 13.5. The molecule has 1 aromatic carbocycles. The van der Waals surface area contributed by atoms with Gasteiger partial charge in [-0.1, -0.05) is 0 Å². The second-order valence-corrected chi connectivity index (χ2v) is 9.61. The Morgan fingerprint density at radius 2 is 1.85 bits per heavy atom. The number of unbranched alkanes of at least 4 members (excludes halogenated alkanes) is 1. The van der Waals surface area contributed by atoms with Gasteiger partial charge in [0.2, 0.25) is 0 Å². The number of hydrogen-bond acceptors (Lipinski definition) is 2. The number of rotatable bonds is 7. The number of benzene rings is 2. The molecule has 0 saturated heterocycles. The molecule has 1 aliphatic heterocycles. The number of aryl methyl sites for hydroxylation is 1. The summed E-state index contributed by atoms with van der Waals surface area (Å²) in [6.07, 6.45) is 3.68. The summed E-state index contributed by atoms with van der Waals surface area (Å²) in [5.41, 5.74) is 3.65. The van der Waals surface area contributed by atoms with E-state index in [-0.39, 0.29) is 0 Å². The molecule has 26 heavy (non-hydrogen) atoms. The van der Waals surface area contributed by atoms with Crippen LogP contribution in [0.4, 0.5) is 0 Å². The Balaban J connectivity index is 2.03. The summed E-state index contributed by atoms with van der Waals surface area (Å²) in [5, 5.41) is 1.36. The Hall–Kier alpha value is -1.48. The Labute approximate surface area is 163 Å². The summed E-state index contributed by atoms with van der Waals surface area (Å²) in [4.78, 5) is 7.16. The minimum absolute atomic E-state index is 0.342. The van der Waals surface area contributed by atoms with Crippen molar-refractivity contribution in [2.24, 2.45) is 0 Å². The zero-order chi connectivity index (χ0) is 18.5. The maximum atomic E-state index is 4.89. The number of aromatic nitrogens is 1. The van der Waals surface area contributed by atoms with Crippen LogP contribution in [-0.2, 0) is 0 Å². The molecular weight excluding hydrogens is 385 g/mol. The molecule has 0 fully saturated rings. The summed E-state index contributed by atoms with van der Waals surface area (Å²) in [7, 11) is 4.30. The first-order chi connectivity index (χ1) is 12.6. The number of fused-ring (bicyclic) bond motifs is 2. The van der Waals surface area contributed by atoms with Crippen LogP contribution in [0.5, 0.6) is 0 Å². The molecule has 3 nitrogen and oxygen atoms in total. The third-order valence-electron chi connectivity index (χ3n) is 4.70. The predicted molar refractivity (Wildman–Crippen MR) is 113 cm³/mol. The predicted octanol–water partition coefficient (Wildman–Crippen LogP) is 3.23. The van der Waals surface area contributed by atoms with Gasteiger partial charge in [-0.15, -0.1) is 0 Å². The topological polar surface area (TPSA) is 19.1 Å². The maximum absolute atomic E-state index is 4.89. The molecule has 4 heteroatoms. The van der Waals surface area contributed by atoms with Crippen molar-refractivity contribution in [3.05, 3.63) is 47.3 Å². The van der Waals surface area contributed by atoms with Gasteiger partial charge in [-0.25, -0.2) is 0 Å². The first-order valence-electron chi connectivity index (χ1n) is 9.61. The SMILES string of the molecule is CCCC[N+](CCCN(C)C)=c1ccc2nc3ccc(C)cc3[se]c-2c1. The van der Waals surface area contributed by atoms with Crippen molar-refractivity contribution in [2.45, 2.75) is 33.1 Å². The molecule has 138 valence electrons. The van der Waals surface area contributed by atoms with E-state index < -0.39 is 0 Å². The van der Waals surface area contributed by atoms with Gasteiger partial charge in [-0.2, -0.15) is 0 Å². The van der Waals surface area contributed by atoms with Crippen molar-refractivity contribution in [3.8, 4) is 10.1 Å². The van der Waals surface area contributed by atoms with Crippen LogP contribution in [0, 0.1) is 6.92 Å². The van der Waals surface area contributed by atoms with Crippen LogP contribution in [-0.4, -0.2) is 58.1 Å². The van der Waals surface area contributed by atoms with Gasteiger partial charge in [0.25, 0.3) is 0 Å². The van der Waals surface area contributed by atoms with Crippen molar-refractivity contribution < 1.29 is 0 Å². The fourth-order valence-corrected chi connectivity index (χ4v) is 5.52. The van der Waals surface area contributed by atoms with E-state index in [1.165, 1.54) is 38.9 Å². The Morgan fingerprint density at radius 3 is 2.62 bits per heavy atom. The summed E-state index contributed by atoms with van der Waals surface area (Å²) in [5.74, 6) is 0. The first-order valence-corrected chi connectivity index (χ1v) is 11.3. The molecule has 0 amide bonds. The van der Waals surface area contributed by atoms with E-state index in [1.807, 2.05) is 0 Å². The molecule has 0 saturated carbocycles. The van der Waals surface area contributed by atoms with E-state index in [1.54, 1.807) is 0 Å². The van der Waals surface area contributed by atoms with Gasteiger partial charge in [0.05, 0.1) is 0 Å². The Kier molecular flexibility index (Phi) is 6.63. The normalized spacial score (nSPS) is 13.0. The average molecular weight is 415 g/mol. The van der Waals surface area contributed by atoms with Gasteiger partial charge in [-0.3, -0.25) is 0 Å². The van der Waals surface area contributed by atoms with Crippen molar-refractivity contribution >= 4 is 24.3 Å². The molecule has 1 heterocycles. The summed E-state index contributed by atoms with van der Waals surface area (Å²) in [6.45, 7) is 7.84. The Bertz CT molecular complexity index is 911. The van der Waals surface area contributed by atoms with Gasteiger partial charge in [0, 0.05) is 0 Å². The molecular formula is C22H30N3Se+. The van der Waals surface area contributed by atoms with E-state index in [9.17, 15) is 0 Å². The van der Waals surface area contributed by atoms with Crippen LogP contribution in [0.25, 0.3) is 19.9 Å². The standard InChI is InChI=1S/C22H30N3Se/c1-5-6-13-25(14-7-12-24(3)4)18-9-11-20-22(16-18)26-21-15-17(2)8-10-19(21)23-20/h8-11,15-16H,5-7,12-14H2,1-4H3/q+1. The molecule has 1 aromatic rings. The van der Waals surface area contributed by atoms with Gasteiger partial charge in [0.15, 0.2) is 0 Å². The number of nitrogens with zero attached hydrogens (tertiary/aromatic N) is 3. The van der Waals surface area contributed by atoms with E-state index in [4.69, 9.17) is 4.98 Å². The van der Waals surface area contributed by atoms with E-state index >= 15 is 0 Å². The van der Waals surface area contributed by atoms with Gasteiger partial charge >= 0.3 is 163 Å². The van der Waals surface area contributed by atoms with Crippen LogP contribution < -0.4 is 9.93 Å². The molecule has 3 rings (SSSR count). The number of hydrogen-bond donors (Lipinski definition) is 0. The van der Waals surface area contributed by atoms with Crippen LogP contribution in [0.3, 0.4) is 0 Å². The monoisotopic (exact) mass is 416 g/mol. The molecule has 2 aliphatic rings. The molecule has 1 aliphatic carbocycles. The molecule has 0 unspecified atom stereocenters. The van der Waals surface area contributed by atoms with Crippen LogP contribution in [0.1, 0.15) is 31.7 Å². The molecule has 0 aromatic heterocycles. The van der Waals surface area contributed by atoms with E-state index in [0.29, 0.717) is 14.5 Å². The van der Waals surface area contributed by atoms with Gasteiger partial charge in [-0.05, 0) is 0 Å². The molecule has 0 bridgehead atoms. The summed E-state index contributed by atoms with van der Waals surface area (Å²) < 4.78 is 5.40. The molecule has 0 radical (unpaired) electrons. The van der Waals surface area contributed by atoms with Crippen LogP contribution >= 0.6 is 0 Å². The molecule has 0 atom stereocenters. The molecule has 0 spiro atoms. The quantitative estimate of drug-likeness (QED) is 0.335. The first kappa shape index (κ1) is 19.3. The van der Waals surface area contributed by atoms with E-state index in [0.717, 1.165) is 30.8 Å². The van der Waals surface area contributed by atoms with Crippen molar-refractivity contribution in [3.63, 3.8) is 0 Å². The zero-order valence-corrected chi connectivity index (χ0v) is 18.2. The second-order valence-electron chi connectivity index (χ2n) is 7.33. The third kappa shape index (κ3) is 4.82. The van der Waals surface area contributed by atoms with Gasteiger partial charge in [0.1, 0.15) is 0 Å². The average Bonchev–Trinajstić information content (AvgIpc) is 2.62. The van der Waals surface area contributed by atoms with Gasteiger partial charge < -0.3 is 0 Å². The second kappa shape index (κ2) is 8.94. The Morgan fingerprint density at radius 1 is 1.04 bits per heavy atom. The van der Waals surface area contributed by atoms with Crippen LogP contribution in [0.2, 0.25) is 0 Å². The van der Waals surface area contributed by atoms with Crippen molar-refractivity contribution in [1.29, 1.82) is 0 Å². The van der Waals surface area contributed by atoms with Crippen LogP contribution in [0.15, 0.2) is 36.4 Å².